The molecule has 0 heterocycles. The van der Waals surface area contributed by atoms with Crippen LogP contribution in [0.1, 0.15) is 6.92 Å². The molecule has 2 nitrogen and oxygen atoms in total. The topological polar surface area (TPSA) is 26.3 Å². The summed E-state index contributed by atoms with van der Waals surface area (Å²) in [4.78, 5) is 10.5. The number of alkyl halides is 3. The lowest BCUT2D eigenvalue weighted by Gasteiger charge is -2.07. The molecule has 0 aliphatic carbocycles. The Morgan fingerprint density at radius 3 is 2.33 bits per heavy atom. The van der Waals surface area contributed by atoms with Gasteiger partial charge in [-0.25, -0.2) is 4.79 Å². The Hall–Kier alpha value is 0.530. The molecule has 0 aromatic rings. The Kier molecular flexibility index (Phi) is 3.85. The summed E-state index contributed by atoms with van der Waals surface area (Å²) in [5.41, 5.74) is 0. The van der Waals surface area contributed by atoms with Gasteiger partial charge in [0.2, 0.25) is 0 Å². The Bertz CT molecular complexity index is 110. The molecular weight excluding hydrogens is 231 g/mol. The van der Waals surface area contributed by atoms with Gasteiger partial charge in [-0.3, -0.25) is 0 Å². The summed E-state index contributed by atoms with van der Waals surface area (Å²) < 4.78 is 2.86. The van der Waals surface area contributed by atoms with E-state index in [1.807, 2.05) is 0 Å². The molecule has 0 bridgehead atoms. The van der Waals surface area contributed by atoms with Crippen LogP contribution in [0, 0.1) is 0 Å². The van der Waals surface area contributed by atoms with Gasteiger partial charge in [0.05, 0.1) is 6.61 Å². The third kappa shape index (κ3) is 4.00. The molecule has 0 spiro atoms. The number of halogens is 3. The fraction of sp³-hybridized carbons (Fsp3) is 0.750. The van der Waals surface area contributed by atoms with E-state index in [0.29, 0.717) is 0 Å². The standard InChI is InChI=1S/C4H5BrCl2O2/c1-2-9-3(8)4(5,6)7/h2H2,1H3. The maximum atomic E-state index is 10.5. The van der Waals surface area contributed by atoms with E-state index in [1.165, 1.54) is 0 Å². The second kappa shape index (κ2) is 3.64. The number of hydrogen-bond acceptors (Lipinski definition) is 2. The van der Waals surface area contributed by atoms with Gasteiger partial charge in [-0.05, 0) is 22.9 Å². The lowest BCUT2D eigenvalue weighted by Crippen LogP contribution is -2.20. The van der Waals surface area contributed by atoms with Crippen LogP contribution in [0.15, 0.2) is 0 Å². The zero-order valence-electron chi connectivity index (χ0n) is 4.66. The van der Waals surface area contributed by atoms with Crippen LogP contribution in [0.25, 0.3) is 0 Å². The van der Waals surface area contributed by atoms with E-state index >= 15 is 0 Å². The van der Waals surface area contributed by atoms with Crippen LogP contribution in [-0.2, 0) is 9.53 Å². The second-order valence-corrected chi connectivity index (χ2v) is 4.65. The van der Waals surface area contributed by atoms with E-state index < -0.39 is 9.21 Å². The van der Waals surface area contributed by atoms with Crippen molar-refractivity contribution in [2.45, 2.75) is 10.2 Å². The molecule has 0 atom stereocenters. The second-order valence-electron chi connectivity index (χ2n) is 1.22. The molecule has 0 aromatic heterocycles. The first-order chi connectivity index (χ1) is 3.98. The zero-order chi connectivity index (χ0) is 7.49. The molecule has 5 heteroatoms. The van der Waals surface area contributed by atoms with Gasteiger partial charge in [0.1, 0.15) is 0 Å². The van der Waals surface area contributed by atoms with Crippen molar-refractivity contribution < 1.29 is 9.53 Å². The number of ether oxygens (including phenoxy) is 1. The molecule has 0 aliphatic heterocycles. The fourth-order valence-corrected chi connectivity index (χ4v) is 0.436. The summed E-state index contributed by atoms with van der Waals surface area (Å²) in [6.07, 6.45) is 0. The Morgan fingerprint density at radius 1 is 1.78 bits per heavy atom. The van der Waals surface area contributed by atoms with Gasteiger partial charge in [0.25, 0.3) is 3.24 Å². The van der Waals surface area contributed by atoms with Crippen molar-refractivity contribution in [1.29, 1.82) is 0 Å². The molecule has 0 rings (SSSR count). The van der Waals surface area contributed by atoms with Crippen LogP contribution in [0.2, 0.25) is 0 Å². The van der Waals surface area contributed by atoms with Crippen LogP contribution in [0.4, 0.5) is 0 Å². The highest BCUT2D eigenvalue weighted by Gasteiger charge is 2.31. The van der Waals surface area contributed by atoms with Gasteiger partial charge in [-0.2, -0.15) is 0 Å². The molecule has 0 unspecified atom stereocenters. The highest BCUT2D eigenvalue weighted by Crippen LogP contribution is 2.29. The quantitative estimate of drug-likeness (QED) is 0.541. The van der Waals surface area contributed by atoms with Crippen molar-refractivity contribution in [2.75, 3.05) is 6.61 Å². The van der Waals surface area contributed by atoms with E-state index in [2.05, 4.69) is 20.7 Å². The molecule has 0 saturated heterocycles. The van der Waals surface area contributed by atoms with Gasteiger partial charge in [0.15, 0.2) is 0 Å². The summed E-state index contributed by atoms with van der Waals surface area (Å²) in [5.74, 6) is -0.687. The van der Waals surface area contributed by atoms with E-state index in [9.17, 15) is 4.79 Å². The van der Waals surface area contributed by atoms with Gasteiger partial charge >= 0.3 is 5.97 Å². The van der Waals surface area contributed by atoms with E-state index in [4.69, 9.17) is 23.2 Å². The largest absolute Gasteiger partial charge is 0.463 e. The van der Waals surface area contributed by atoms with Crippen molar-refractivity contribution in [1.82, 2.24) is 0 Å². The molecule has 54 valence electrons. The number of esters is 1. The molecule has 0 N–H and O–H groups in total. The van der Waals surface area contributed by atoms with Crippen molar-refractivity contribution >= 4 is 45.1 Å². The summed E-state index contributed by atoms with van der Waals surface area (Å²) in [6.45, 7) is 1.94. The average Bonchev–Trinajstić information content (AvgIpc) is 1.64. The predicted molar refractivity (Wildman–Crippen MR) is 40.0 cm³/mol. The maximum absolute atomic E-state index is 10.5. The molecule has 0 aromatic carbocycles. The molecule has 0 amide bonds. The molecular formula is C4H5BrCl2O2. The summed E-state index contributed by atoms with van der Waals surface area (Å²) in [5, 5.41) is 0. The van der Waals surface area contributed by atoms with Crippen LogP contribution < -0.4 is 0 Å². The predicted octanol–water partition coefficient (Wildman–Crippen LogP) is 2.08. The zero-order valence-corrected chi connectivity index (χ0v) is 7.76. The van der Waals surface area contributed by atoms with E-state index in [-0.39, 0.29) is 6.61 Å². The van der Waals surface area contributed by atoms with Gasteiger partial charge < -0.3 is 4.74 Å². The van der Waals surface area contributed by atoms with Crippen molar-refractivity contribution in [3.05, 3.63) is 0 Å². The minimum Gasteiger partial charge on any atom is -0.463 e. The normalized spacial score (nSPS) is 11.1. The first-order valence-electron chi connectivity index (χ1n) is 2.22. The van der Waals surface area contributed by atoms with Crippen molar-refractivity contribution in [3.8, 4) is 0 Å². The Balaban J connectivity index is 3.74. The Labute approximate surface area is 71.6 Å². The minimum atomic E-state index is -1.59. The third-order valence-corrected chi connectivity index (χ3v) is 1.14. The molecule has 0 aliphatic rings. The van der Waals surface area contributed by atoms with Crippen LogP contribution >= 0.6 is 39.1 Å². The lowest BCUT2D eigenvalue weighted by molar-refractivity contribution is -0.141. The van der Waals surface area contributed by atoms with Crippen LogP contribution in [0.3, 0.4) is 0 Å². The van der Waals surface area contributed by atoms with E-state index in [0.717, 1.165) is 0 Å². The number of carbonyl (C=O) groups excluding carboxylic acids is 1. The smallest absolute Gasteiger partial charge is 0.353 e. The molecule has 0 radical (unpaired) electrons. The summed E-state index contributed by atoms with van der Waals surface area (Å²) in [6, 6.07) is 0. The van der Waals surface area contributed by atoms with Gasteiger partial charge in [-0.15, -0.1) is 0 Å². The number of hydrogen-bond donors (Lipinski definition) is 0. The monoisotopic (exact) mass is 234 g/mol. The average molecular weight is 236 g/mol. The number of carbonyl (C=O) groups is 1. The molecule has 0 fully saturated rings. The number of rotatable bonds is 2. The SMILES string of the molecule is CCOC(=O)C(Cl)(Cl)Br. The van der Waals surface area contributed by atoms with Gasteiger partial charge in [-0.1, -0.05) is 23.2 Å². The van der Waals surface area contributed by atoms with Crippen molar-refractivity contribution in [2.24, 2.45) is 0 Å². The minimum absolute atomic E-state index is 0.269. The highest BCUT2D eigenvalue weighted by molar-refractivity contribution is 9.11. The third-order valence-electron chi connectivity index (χ3n) is 0.507. The molecule has 0 saturated carbocycles. The first-order valence-corrected chi connectivity index (χ1v) is 3.77. The highest BCUT2D eigenvalue weighted by atomic mass is 79.9. The molecule has 9 heavy (non-hydrogen) atoms. The van der Waals surface area contributed by atoms with E-state index in [1.54, 1.807) is 6.92 Å². The summed E-state index contributed by atoms with van der Waals surface area (Å²) >= 11 is 13.2. The Morgan fingerprint density at radius 2 is 2.22 bits per heavy atom. The summed E-state index contributed by atoms with van der Waals surface area (Å²) in [7, 11) is 0. The maximum Gasteiger partial charge on any atom is 0.353 e. The van der Waals surface area contributed by atoms with Crippen molar-refractivity contribution in [3.63, 3.8) is 0 Å². The lowest BCUT2D eigenvalue weighted by atomic mass is 10.7. The first kappa shape index (κ1) is 9.53. The fourth-order valence-electron chi connectivity index (χ4n) is 0.213. The van der Waals surface area contributed by atoms with Gasteiger partial charge in [0, 0.05) is 0 Å². The van der Waals surface area contributed by atoms with Crippen LogP contribution in [-0.4, -0.2) is 15.8 Å². The van der Waals surface area contributed by atoms with Crippen LogP contribution in [0.5, 0.6) is 0 Å².